The largest absolute Gasteiger partial charge is 0.388 e. The van der Waals surface area contributed by atoms with E-state index in [2.05, 4.69) is 29.1 Å². The molecule has 0 aliphatic carbocycles. The van der Waals surface area contributed by atoms with E-state index >= 15 is 0 Å². The molecule has 1 rings (SSSR count). The van der Waals surface area contributed by atoms with Crippen LogP contribution in [0.25, 0.3) is 10.4 Å². The van der Waals surface area contributed by atoms with E-state index in [4.69, 9.17) is 5.53 Å². The molecule has 0 fully saturated rings. The lowest BCUT2D eigenvalue weighted by Gasteiger charge is -2.10. The molecule has 1 aromatic carbocycles. The van der Waals surface area contributed by atoms with Gasteiger partial charge in [0.2, 0.25) is 0 Å². The van der Waals surface area contributed by atoms with Gasteiger partial charge in [-0.2, -0.15) is 0 Å². The third-order valence-electron chi connectivity index (χ3n) is 2.70. The highest BCUT2D eigenvalue weighted by Gasteiger charge is 2.06. The summed E-state index contributed by atoms with van der Waals surface area (Å²) < 4.78 is 0. The number of nitrogens with zero attached hydrogens (tertiary/aromatic N) is 3. The molecule has 1 aromatic rings. The average molecular weight is 233 g/mol. The zero-order valence-electron chi connectivity index (χ0n) is 10.2. The van der Waals surface area contributed by atoms with E-state index in [1.54, 1.807) is 0 Å². The van der Waals surface area contributed by atoms with E-state index in [1.807, 2.05) is 12.1 Å². The average Bonchev–Trinajstić information content (AvgIpc) is 2.36. The van der Waals surface area contributed by atoms with Crippen LogP contribution in [0, 0.1) is 0 Å². The predicted octanol–water partition coefficient (Wildman–Crippen LogP) is 3.76. The minimum Gasteiger partial charge on any atom is -0.388 e. The highest BCUT2D eigenvalue weighted by atomic mass is 16.3. The Kier molecular flexibility index (Phi) is 6.15. The van der Waals surface area contributed by atoms with E-state index in [0.717, 1.165) is 18.4 Å². The van der Waals surface area contributed by atoms with Crippen molar-refractivity contribution in [2.45, 2.75) is 38.7 Å². The molecule has 0 spiro atoms. The van der Waals surface area contributed by atoms with Crippen molar-refractivity contribution >= 4 is 0 Å². The van der Waals surface area contributed by atoms with E-state index in [0.29, 0.717) is 19.4 Å². The van der Waals surface area contributed by atoms with Crippen molar-refractivity contribution in [3.8, 4) is 0 Å². The summed E-state index contributed by atoms with van der Waals surface area (Å²) in [5, 5.41) is 13.4. The van der Waals surface area contributed by atoms with Crippen LogP contribution in [-0.4, -0.2) is 11.7 Å². The van der Waals surface area contributed by atoms with Crippen LogP contribution in [0.15, 0.2) is 29.4 Å². The first-order valence-corrected chi connectivity index (χ1v) is 6.05. The van der Waals surface area contributed by atoms with Crippen LogP contribution in [0.4, 0.5) is 0 Å². The standard InChI is InChI=1S/C13H19N3O/c1-2-4-11-6-8-12(9-7-11)13(17)5-3-10-15-16-14/h6-9,13,17H,2-5,10H2,1H3. The molecule has 0 saturated carbocycles. The Morgan fingerprint density at radius 2 is 2.06 bits per heavy atom. The van der Waals surface area contributed by atoms with Crippen molar-refractivity contribution in [1.82, 2.24) is 0 Å². The number of hydrogen-bond acceptors (Lipinski definition) is 2. The van der Waals surface area contributed by atoms with E-state index in [9.17, 15) is 5.11 Å². The van der Waals surface area contributed by atoms with Gasteiger partial charge in [0.25, 0.3) is 0 Å². The van der Waals surface area contributed by atoms with Gasteiger partial charge in [-0.15, -0.1) is 0 Å². The molecule has 0 saturated heterocycles. The Hall–Kier alpha value is -1.51. The minimum atomic E-state index is -0.459. The molecular formula is C13H19N3O. The predicted molar refractivity (Wildman–Crippen MR) is 68.6 cm³/mol. The summed E-state index contributed by atoms with van der Waals surface area (Å²) in [7, 11) is 0. The summed E-state index contributed by atoms with van der Waals surface area (Å²) in [6.07, 6.45) is 3.09. The monoisotopic (exact) mass is 233 g/mol. The van der Waals surface area contributed by atoms with Gasteiger partial charge in [-0.25, -0.2) is 0 Å². The Morgan fingerprint density at radius 3 is 2.65 bits per heavy atom. The maximum Gasteiger partial charge on any atom is 0.0790 e. The maximum atomic E-state index is 9.91. The first kappa shape index (κ1) is 13.6. The van der Waals surface area contributed by atoms with E-state index < -0.39 is 6.10 Å². The highest BCUT2D eigenvalue weighted by molar-refractivity contribution is 5.24. The van der Waals surface area contributed by atoms with Gasteiger partial charge in [-0.1, -0.05) is 42.7 Å². The Labute approximate surface area is 102 Å². The smallest absolute Gasteiger partial charge is 0.0790 e. The fourth-order valence-corrected chi connectivity index (χ4v) is 1.76. The molecule has 1 atom stereocenters. The topological polar surface area (TPSA) is 69.0 Å². The molecule has 0 aromatic heterocycles. The Morgan fingerprint density at radius 1 is 1.35 bits per heavy atom. The molecule has 0 heterocycles. The SMILES string of the molecule is CCCc1ccc(C(O)CCCN=[N+]=[N-])cc1. The number of rotatable bonds is 7. The molecule has 0 aliphatic heterocycles. The molecule has 4 nitrogen and oxygen atoms in total. The Bertz CT molecular complexity index is 369. The summed E-state index contributed by atoms with van der Waals surface area (Å²) in [5.41, 5.74) is 10.4. The molecule has 0 amide bonds. The van der Waals surface area contributed by atoms with E-state index in [1.165, 1.54) is 5.56 Å². The molecule has 0 aliphatic rings. The summed E-state index contributed by atoms with van der Waals surface area (Å²) >= 11 is 0. The molecule has 1 unspecified atom stereocenters. The molecule has 0 bridgehead atoms. The van der Waals surface area contributed by atoms with Crippen LogP contribution >= 0.6 is 0 Å². The lowest BCUT2D eigenvalue weighted by molar-refractivity contribution is 0.165. The van der Waals surface area contributed by atoms with Gasteiger partial charge in [0.1, 0.15) is 0 Å². The van der Waals surface area contributed by atoms with Crippen LogP contribution in [0.5, 0.6) is 0 Å². The summed E-state index contributed by atoms with van der Waals surface area (Å²) in [4.78, 5) is 2.68. The number of azide groups is 1. The van der Waals surface area contributed by atoms with Crippen molar-refractivity contribution in [2.75, 3.05) is 6.54 Å². The normalized spacial score (nSPS) is 11.9. The van der Waals surface area contributed by atoms with E-state index in [-0.39, 0.29) is 0 Å². The van der Waals surface area contributed by atoms with Gasteiger partial charge < -0.3 is 5.11 Å². The van der Waals surface area contributed by atoms with Gasteiger partial charge in [0.05, 0.1) is 6.10 Å². The lowest BCUT2D eigenvalue weighted by Crippen LogP contribution is -1.98. The molecule has 92 valence electrons. The molecule has 4 heteroatoms. The first-order valence-electron chi connectivity index (χ1n) is 6.05. The number of benzene rings is 1. The molecule has 1 N–H and O–H groups in total. The zero-order chi connectivity index (χ0) is 12.5. The maximum absolute atomic E-state index is 9.91. The summed E-state index contributed by atoms with van der Waals surface area (Å²) in [6, 6.07) is 8.08. The third kappa shape index (κ3) is 4.89. The van der Waals surface area contributed by atoms with Gasteiger partial charge in [-0.05, 0) is 35.9 Å². The lowest BCUT2D eigenvalue weighted by atomic mass is 10.0. The van der Waals surface area contributed by atoms with Gasteiger partial charge >= 0.3 is 0 Å². The molecule has 0 radical (unpaired) electrons. The van der Waals surface area contributed by atoms with Gasteiger partial charge in [0.15, 0.2) is 0 Å². The number of hydrogen-bond donors (Lipinski definition) is 1. The van der Waals surface area contributed by atoms with Crippen LogP contribution in [-0.2, 0) is 6.42 Å². The van der Waals surface area contributed by atoms with Crippen molar-refractivity contribution in [2.24, 2.45) is 5.11 Å². The second-order valence-electron chi connectivity index (χ2n) is 4.10. The first-order chi connectivity index (χ1) is 8.27. The van der Waals surface area contributed by atoms with Crippen molar-refractivity contribution in [1.29, 1.82) is 0 Å². The number of aryl methyl sites for hydroxylation is 1. The van der Waals surface area contributed by atoms with Crippen molar-refractivity contribution in [3.05, 3.63) is 45.8 Å². The van der Waals surface area contributed by atoms with Crippen LogP contribution < -0.4 is 0 Å². The van der Waals surface area contributed by atoms with Crippen LogP contribution in [0.3, 0.4) is 0 Å². The Balaban J connectivity index is 2.45. The van der Waals surface area contributed by atoms with Crippen LogP contribution in [0.1, 0.15) is 43.4 Å². The minimum absolute atomic E-state index is 0.446. The third-order valence-corrected chi connectivity index (χ3v) is 2.70. The second kappa shape index (κ2) is 7.71. The van der Waals surface area contributed by atoms with Gasteiger partial charge in [0, 0.05) is 11.5 Å². The quantitative estimate of drug-likeness (QED) is 0.331. The van der Waals surface area contributed by atoms with Crippen molar-refractivity contribution in [3.63, 3.8) is 0 Å². The molecule has 17 heavy (non-hydrogen) atoms. The fraction of sp³-hybridized carbons (Fsp3) is 0.538. The second-order valence-corrected chi connectivity index (χ2v) is 4.10. The number of aliphatic hydroxyl groups is 1. The summed E-state index contributed by atoms with van der Waals surface area (Å²) in [5.74, 6) is 0. The van der Waals surface area contributed by atoms with Crippen molar-refractivity contribution < 1.29 is 5.11 Å². The van der Waals surface area contributed by atoms with Gasteiger partial charge in [-0.3, -0.25) is 0 Å². The summed E-state index contributed by atoms with van der Waals surface area (Å²) in [6.45, 7) is 2.60. The highest BCUT2D eigenvalue weighted by Crippen LogP contribution is 2.19. The zero-order valence-corrected chi connectivity index (χ0v) is 10.2. The molecular weight excluding hydrogens is 214 g/mol. The van der Waals surface area contributed by atoms with Crippen LogP contribution in [0.2, 0.25) is 0 Å². The fourth-order valence-electron chi connectivity index (χ4n) is 1.76. The number of aliphatic hydroxyl groups excluding tert-OH is 1.